The summed E-state index contributed by atoms with van der Waals surface area (Å²) in [4.78, 5) is 16.4. The number of rotatable bonds is 4. The summed E-state index contributed by atoms with van der Waals surface area (Å²) in [6, 6.07) is 11.3. The number of carbonyl (C=O) groups is 1. The Kier molecular flexibility index (Phi) is 5.56. The zero-order valence-corrected chi connectivity index (χ0v) is 22.0. The molecule has 0 fully saturated rings. The highest BCUT2D eigenvalue weighted by molar-refractivity contribution is 7.90. The molecule has 6 rings (SSSR count). The lowest BCUT2D eigenvalue weighted by molar-refractivity contribution is 0.0801. The van der Waals surface area contributed by atoms with Gasteiger partial charge < -0.3 is 14.8 Å². The summed E-state index contributed by atoms with van der Waals surface area (Å²) in [5, 5.41) is 12.8. The van der Waals surface area contributed by atoms with Gasteiger partial charge in [0, 0.05) is 44.2 Å². The van der Waals surface area contributed by atoms with Crippen molar-refractivity contribution in [1.82, 2.24) is 4.57 Å². The van der Waals surface area contributed by atoms with Gasteiger partial charge in [-0.2, -0.15) is 5.26 Å². The molecule has 0 radical (unpaired) electrons. The average Bonchev–Trinajstić information content (AvgIpc) is 3.18. The predicted molar refractivity (Wildman–Crippen MR) is 144 cm³/mol. The van der Waals surface area contributed by atoms with Crippen LogP contribution in [-0.2, 0) is 16.9 Å². The first kappa shape index (κ1) is 25.1. The highest BCUT2D eigenvalue weighted by Crippen LogP contribution is 2.57. The number of hydrogen-bond donors (Lipinski definition) is 1. The molecule has 10 heteroatoms. The van der Waals surface area contributed by atoms with Gasteiger partial charge in [-0.15, -0.1) is 0 Å². The van der Waals surface area contributed by atoms with Crippen molar-refractivity contribution < 1.29 is 22.0 Å². The molecule has 0 saturated carbocycles. The van der Waals surface area contributed by atoms with Crippen LogP contribution < -0.4 is 10.2 Å². The third-order valence-corrected chi connectivity index (χ3v) is 8.63. The van der Waals surface area contributed by atoms with E-state index in [1.54, 1.807) is 52.1 Å². The largest absolute Gasteiger partial charge is 0.369 e. The van der Waals surface area contributed by atoms with Gasteiger partial charge in [-0.25, -0.2) is 17.2 Å². The molecule has 2 unspecified atom stereocenters. The van der Waals surface area contributed by atoms with Gasteiger partial charge in [-0.3, -0.25) is 4.79 Å². The number of halogens is 2. The number of carbonyl (C=O) groups excluding carboxylic acids is 1. The van der Waals surface area contributed by atoms with E-state index in [2.05, 4.69) is 11.4 Å². The highest BCUT2D eigenvalue weighted by atomic mass is 32.2. The Balaban J connectivity index is 1.67. The maximum Gasteiger partial charge on any atom is 0.181 e. The maximum atomic E-state index is 15.3. The minimum atomic E-state index is -3.49. The summed E-state index contributed by atoms with van der Waals surface area (Å²) in [5.74, 6) is -1.36. The van der Waals surface area contributed by atoms with Gasteiger partial charge >= 0.3 is 0 Å². The minimum Gasteiger partial charge on any atom is -0.369 e. The van der Waals surface area contributed by atoms with Crippen LogP contribution in [0, 0.1) is 28.4 Å². The highest BCUT2D eigenvalue weighted by Gasteiger charge is 2.58. The van der Waals surface area contributed by atoms with Crippen molar-refractivity contribution in [3.05, 3.63) is 99.8 Å². The first-order chi connectivity index (χ1) is 18.5. The fourth-order valence-electron chi connectivity index (χ4n) is 6.31. The number of anilines is 2. The van der Waals surface area contributed by atoms with Crippen LogP contribution in [0.15, 0.2) is 65.9 Å². The molecule has 3 heterocycles. The molecule has 1 aromatic heterocycles. The molecule has 3 aromatic rings. The van der Waals surface area contributed by atoms with Crippen molar-refractivity contribution >= 4 is 33.2 Å². The summed E-state index contributed by atoms with van der Waals surface area (Å²) in [7, 11) is -1.68. The predicted octanol–water partition coefficient (Wildman–Crippen LogP) is 4.40. The second-order valence-electron chi connectivity index (χ2n) is 10.3. The van der Waals surface area contributed by atoms with Gasteiger partial charge in [0.1, 0.15) is 22.9 Å². The van der Waals surface area contributed by atoms with Crippen LogP contribution in [0.5, 0.6) is 0 Å². The van der Waals surface area contributed by atoms with Gasteiger partial charge in [0.25, 0.3) is 0 Å². The molecule has 3 aliphatic rings. The van der Waals surface area contributed by atoms with Crippen molar-refractivity contribution in [2.45, 2.75) is 6.04 Å². The lowest BCUT2D eigenvalue weighted by Crippen LogP contribution is -2.56. The van der Waals surface area contributed by atoms with Crippen molar-refractivity contribution in [2.24, 2.45) is 12.5 Å². The molecular formula is C29H24F2N4O3S. The van der Waals surface area contributed by atoms with E-state index in [9.17, 15) is 22.9 Å². The summed E-state index contributed by atoms with van der Waals surface area (Å²) < 4.78 is 56.1. The standard InChI is InChI=1S/C29H24F2N4O3S/c1-34-14-19-11-20(15-39(2,37)38)22-9-10-35(24-8-7-21(30)12-23(24)31)26(18-5-3-17(13-32)4-6-18)29(22)16-33-28(34)25(19)27(29)36/h3-9,11-12,14,26,33H,10,15-16H2,1-2H3. The molecule has 1 spiro atoms. The number of ketones is 1. The molecule has 1 aliphatic carbocycles. The number of sulfone groups is 1. The van der Waals surface area contributed by atoms with Crippen molar-refractivity contribution in [3.8, 4) is 6.07 Å². The Morgan fingerprint density at radius 3 is 2.59 bits per heavy atom. The average molecular weight is 547 g/mol. The van der Waals surface area contributed by atoms with Gasteiger partial charge in [0.2, 0.25) is 0 Å². The van der Waals surface area contributed by atoms with Crippen LogP contribution in [0.4, 0.5) is 20.3 Å². The van der Waals surface area contributed by atoms with E-state index in [1.807, 2.05) is 7.05 Å². The topological polar surface area (TPSA) is 95.2 Å². The fourth-order valence-corrected chi connectivity index (χ4v) is 7.11. The van der Waals surface area contributed by atoms with Crippen LogP contribution in [0.1, 0.15) is 33.1 Å². The normalized spacial score (nSPS) is 21.8. The third kappa shape index (κ3) is 3.80. The first-order valence-corrected chi connectivity index (χ1v) is 14.4. The summed E-state index contributed by atoms with van der Waals surface area (Å²) >= 11 is 0. The Morgan fingerprint density at radius 1 is 1.18 bits per heavy atom. The second kappa shape index (κ2) is 8.64. The number of benzene rings is 2. The maximum absolute atomic E-state index is 15.3. The summed E-state index contributed by atoms with van der Waals surface area (Å²) in [6.45, 7) is 0.261. The van der Waals surface area contributed by atoms with E-state index in [-0.39, 0.29) is 30.3 Å². The quantitative estimate of drug-likeness (QED) is 0.521. The lowest BCUT2D eigenvalue weighted by atomic mass is 9.62. The van der Waals surface area contributed by atoms with Gasteiger partial charge in [-0.1, -0.05) is 18.2 Å². The van der Waals surface area contributed by atoms with E-state index in [1.165, 1.54) is 12.1 Å². The first-order valence-electron chi connectivity index (χ1n) is 12.3. The number of aromatic nitrogens is 1. The monoisotopic (exact) mass is 546 g/mol. The Bertz CT molecular complexity index is 1770. The minimum absolute atomic E-state index is 0.111. The van der Waals surface area contributed by atoms with Crippen molar-refractivity contribution in [1.29, 1.82) is 5.26 Å². The molecule has 7 nitrogen and oxygen atoms in total. The van der Waals surface area contributed by atoms with E-state index in [0.717, 1.165) is 12.3 Å². The Morgan fingerprint density at radius 2 is 1.92 bits per heavy atom. The number of hydrogen-bond acceptors (Lipinski definition) is 6. The van der Waals surface area contributed by atoms with Crippen LogP contribution in [0.25, 0.3) is 6.08 Å². The number of aryl methyl sites for hydroxylation is 1. The van der Waals surface area contributed by atoms with Crippen LogP contribution in [0.2, 0.25) is 0 Å². The Labute approximate surface area is 224 Å². The van der Waals surface area contributed by atoms with E-state index in [4.69, 9.17) is 0 Å². The number of nitrogens with zero attached hydrogens (tertiary/aromatic N) is 3. The van der Waals surface area contributed by atoms with Crippen LogP contribution in [-0.4, -0.2) is 43.9 Å². The molecule has 39 heavy (non-hydrogen) atoms. The Hall–Kier alpha value is -4.23. The van der Waals surface area contributed by atoms with Crippen molar-refractivity contribution in [3.63, 3.8) is 0 Å². The number of nitrogens with one attached hydrogen (secondary N) is 1. The molecular weight excluding hydrogens is 522 g/mol. The molecule has 198 valence electrons. The van der Waals surface area contributed by atoms with Crippen LogP contribution in [0.3, 0.4) is 0 Å². The molecule has 2 aliphatic heterocycles. The molecule has 2 aromatic carbocycles. The molecule has 2 bridgehead atoms. The fraction of sp³-hybridized carbons (Fsp3) is 0.241. The molecule has 1 N–H and O–H groups in total. The molecule has 0 amide bonds. The van der Waals surface area contributed by atoms with Gasteiger partial charge in [-0.05, 0) is 47.1 Å². The van der Waals surface area contributed by atoms with E-state index < -0.39 is 32.9 Å². The van der Waals surface area contributed by atoms with E-state index in [0.29, 0.717) is 39.2 Å². The molecule has 0 saturated heterocycles. The van der Waals surface area contributed by atoms with Gasteiger partial charge in [0.05, 0.1) is 34.7 Å². The lowest BCUT2D eigenvalue weighted by Gasteiger charge is -2.52. The SMILES string of the molecule is Cn1cc2c3c1NCC1(C3=O)C(=CCN(c3ccc(F)cc3F)C1c1ccc(C#N)cc1)C(CS(C)(=O)=O)=C2. The third-order valence-electron chi connectivity index (χ3n) is 7.80. The smallest absolute Gasteiger partial charge is 0.181 e. The van der Waals surface area contributed by atoms with E-state index >= 15 is 4.39 Å². The molecule has 2 atom stereocenters. The zero-order chi connectivity index (χ0) is 27.7. The summed E-state index contributed by atoms with van der Waals surface area (Å²) in [6.07, 6.45) is 6.50. The summed E-state index contributed by atoms with van der Waals surface area (Å²) in [5.41, 5.74) is 1.95. The van der Waals surface area contributed by atoms with Gasteiger partial charge in [0.15, 0.2) is 15.6 Å². The number of Topliss-reactive ketones (excluding diaryl/α,β-unsaturated/α-hetero) is 1. The van der Waals surface area contributed by atoms with Crippen molar-refractivity contribution in [2.75, 3.05) is 35.3 Å². The zero-order valence-electron chi connectivity index (χ0n) is 21.2. The number of nitriles is 1. The van der Waals surface area contributed by atoms with Crippen LogP contribution >= 0.6 is 0 Å². The second-order valence-corrected chi connectivity index (χ2v) is 12.5.